The lowest BCUT2D eigenvalue weighted by atomic mass is 10.1. The second-order valence-corrected chi connectivity index (χ2v) is 5.39. The van der Waals surface area contributed by atoms with Gasteiger partial charge in [0.2, 0.25) is 0 Å². The lowest BCUT2D eigenvalue weighted by Gasteiger charge is -2.27. The van der Waals surface area contributed by atoms with Gasteiger partial charge < -0.3 is 15.4 Å². The van der Waals surface area contributed by atoms with Crippen LogP contribution in [0, 0.1) is 0 Å². The molecule has 2 N–H and O–H groups in total. The van der Waals surface area contributed by atoms with Crippen LogP contribution >= 0.6 is 27.5 Å². The largest absolute Gasteiger partial charge is 0.383 e. The fourth-order valence-corrected chi connectivity index (χ4v) is 2.65. The molecule has 1 aliphatic rings. The summed E-state index contributed by atoms with van der Waals surface area (Å²) in [6, 6.07) is 5.90. The van der Waals surface area contributed by atoms with Crippen LogP contribution in [0.5, 0.6) is 0 Å². The van der Waals surface area contributed by atoms with E-state index < -0.39 is 0 Å². The predicted molar refractivity (Wildman–Crippen MR) is 77.0 cm³/mol. The summed E-state index contributed by atoms with van der Waals surface area (Å²) in [5.74, 6) is 0.549. The average Bonchev–Trinajstić information content (AvgIpc) is 2.71. The van der Waals surface area contributed by atoms with E-state index >= 15 is 0 Å². The number of rotatable bonds is 4. The van der Waals surface area contributed by atoms with Gasteiger partial charge in [0.15, 0.2) is 5.96 Å². The molecule has 0 saturated heterocycles. The summed E-state index contributed by atoms with van der Waals surface area (Å²) in [4.78, 5) is 6.31. The summed E-state index contributed by atoms with van der Waals surface area (Å²) in [6.45, 7) is 1.95. The first kappa shape index (κ1) is 13.6. The van der Waals surface area contributed by atoms with Gasteiger partial charge in [0.25, 0.3) is 0 Å². The van der Waals surface area contributed by atoms with Crippen LogP contribution in [0.1, 0.15) is 11.6 Å². The highest BCUT2D eigenvalue weighted by Crippen LogP contribution is 2.32. The van der Waals surface area contributed by atoms with Crippen LogP contribution in [0.4, 0.5) is 0 Å². The van der Waals surface area contributed by atoms with E-state index in [2.05, 4.69) is 20.9 Å². The van der Waals surface area contributed by atoms with Crippen molar-refractivity contribution in [2.45, 2.75) is 6.04 Å². The monoisotopic (exact) mass is 331 g/mol. The molecule has 0 fully saturated rings. The number of benzene rings is 1. The van der Waals surface area contributed by atoms with Gasteiger partial charge in [0, 0.05) is 23.1 Å². The molecule has 1 aromatic carbocycles. The first-order valence-corrected chi connectivity index (χ1v) is 6.81. The molecule has 2 rings (SSSR count). The van der Waals surface area contributed by atoms with Crippen LogP contribution in [0.25, 0.3) is 0 Å². The Morgan fingerprint density at radius 1 is 1.61 bits per heavy atom. The van der Waals surface area contributed by atoms with Crippen molar-refractivity contribution in [2.24, 2.45) is 10.7 Å². The Hall–Kier alpha value is -0.780. The molecule has 0 aliphatic carbocycles. The number of guanidine groups is 1. The molecule has 1 heterocycles. The summed E-state index contributed by atoms with van der Waals surface area (Å²) in [5, 5.41) is 0.732. The van der Waals surface area contributed by atoms with Crippen LogP contribution in [-0.4, -0.2) is 37.7 Å². The minimum Gasteiger partial charge on any atom is -0.383 e. The maximum absolute atomic E-state index is 6.25. The summed E-state index contributed by atoms with van der Waals surface area (Å²) in [7, 11) is 1.67. The van der Waals surface area contributed by atoms with Crippen LogP contribution in [0.2, 0.25) is 5.02 Å². The van der Waals surface area contributed by atoms with E-state index in [4.69, 9.17) is 22.1 Å². The normalized spacial score (nSPS) is 19.2. The summed E-state index contributed by atoms with van der Waals surface area (Å²) in [6.07, 6.45) is 0. The lowest BCUT2D eigenvalue weighted by molar-refractivity contribution is 0.166. The molecule has 0 radical (unpaired) electrons. The molecule has 1 atom stereocenters. The number of halogens is 2. The Kier molecular flexibility index (Phi) is 4.48. The van der Waals surface area contributed by atoms with E-state index in [1.807, 2.05) is 23.1 Å². The molecule has 1 aliphatic heterocycles. The molecular weight excluding hydrogens is 318 g/mol. The highest BCUT2D eigenvalue weighted by atomic mass is 79.9. The minimum atomic E-state index is 0.0881. The van der Waals surface area contributed by atoms with Crippen LogP contribution in [0.15, 0.2) is 27.7 Å². The summed E-state index contributed by atoms with van der Waals surface area (Å²) in [5.41, 5.74) is 6.93. The van der Waals surface area contributed by atoms with Crippen molar-refractivity contribution in [2.75, 3.05) is 26.8 Å². The number of hydrogen-bond donors (Lipinski definition) is 1. The summed E-state index contributed by atoms with van der Waals surface area (Å²) < 4.78 is 6.09. The van der Waals surface area contributed by atoms with Gasteiger partial charge in [-0.2, -0.15) is 0 Å². The summed E-state index contributed by atoms with van der Waals surface area (Å²) >= 11 is 9.71. The molecule has 6 heteroatoms. The van der Waals surface area contributed by atoms with Gasteiger partial charge in [0.1, 0.15) is 0 Å². The van der Waals surface area contributed by atoms with E-state index in [1.165, 1.54) is 0 Å². The molecule has 0 spiro atoms. The van der Waals surface area contributed by atoms with E-state index in [0.29, 0.717) is 25.7 Å². The number of methoxy groups -OCH3 is 1. The van der Waals surface area contributed by atoms with Crippen LogP contribution in [-0.2, 0) is 4.74 Å². The van der Waals surface area contributed by atoms with Crippen molar-refractivity contribution in [1.29, 1.82) is 0 Å². The lowest BCUT2D eigenvalue weighted by Crippen LogP contribution is -2.38. The molecule has 0 aromatic heterocycles. The van der Waals surface area contributed by atoms with Crippen molar-refractivity contribution >= 4 is 33.5 Å². The molecular formula is C12H15BrClN3O. The zero-order valence-corrected chi connectivity index (χ0v) is 12.4. The SMILES string of the molecule is COCCN1C(N)=NCC1c1cc(Br)ccc1Cl. The highest BCUT2D eigenvalue weighted by molar-refractivity contribution is 9.10. The van der Waals surface area contributed by atoms with E-state index in [1.54, 1.807) is 7.11 Å². The molecule has 98 valence electrons. The highest BCUT2D eigenvalue weighted by Gasteiger charge is 2.28. The quantitative estimate of drug-likeness (QED) is 0.921. The molecule has 18 heavy (non-hydrogen) atoms. The van der Waals surface area contributed by atoms with E-state index in [9.17, 15) is 0 Å². The van der Waals surface area contributed by atoms with Gasteiger partial charge >= 0.3 is 0 Å². The Morgan fingerprint density at radius 3 is 3.11 bits per heavy atom. The van der Waals surface area contributed by atoms with Gasteiger partial charge in [-0.15, -0.1) is 0 Å². The smallest absolute Gasteiger partial charge is 0.192 e. The Labute approximate surface area is 120 Å². The van der Waals surface area contributed by atoms with Crippen molar-refractivity contribution < 1.29 is 4.74 Å². The molecule has 1 aromatic rings. The third kappa shape index (κ3) is 2.79. The van der Waals surface area contributed by atoms with E-state index in [-0.39, 0.29) is 6.04 Å². The first-order valence-electron chi connectivity index (χ1n) is 5.64. The van der Waals surface area contributed by atoms with Crippen molar-refractivity contribution in [3.63, 3.8) is 0 Å². The fraction of sp³-hybridized carbons (Fsp3) is 0.417. The second-order valence-electron chi connectivity index (χ2n) is 4.07. The van der Waals surface area contributed by atoms with Gasteiger partial charge in [0.05, 0.1) is 19.2 Å². The predicted octanol–water partition coefficient (Wildman–Crippen LogP) is 2.42. The Morgan fingerprint density at radius 2 is 2.39 bits per heavy atom. The third-order valence-electron chi connectivity index (χ3n) is 2.95. The third-order valence-corrected chi connectivity index (χ3v) is 3.79. The molecule has 1 unspecified atom stereocenters. The zero-order chi connectivity index (χ0) is 13.1. The zero-order valence-electron chi connectivity index (χ0n) is 10.1. The van der Waals surface area contributed by atoms with Crippen molar-refractivity contribution in [3.05, 3.63) is 33.3 Å². The van der Waals surface area contributed by atoms with E-state index in [0.717, 1.165) is 15.1 Å². The fourth-order valence-electron chi connectivity index (χ4n) is 2.03. The van der Waals surface area contributed by atoms with Gasteiger partial charge in [-0.3, -0.25) is 4.99 Å². The molecule has 0 amide bonds. The number of nitrogens with two attached hydrogens (primary N) is 1. The van der Waals surface area contributed by atoms with Gasteiger partial charge in [-0.1, -0.05) is 27.5 Å². The number of ether oxygens (including phenoxy) is 1. The Bertz CT molecular complexity index is 467. The standard InChI is InChI=1S/C12H15BrClN3O/c1-18-5-4-17-11(7-16-12(17)15)9-6-8(13)2-3-10(9)14/h2-3,6,11H,4-5,7H2,1H3,(H2,15,16). The molecule has 0 saturated carbocycles. The van der Waals surface area contributed by atoms with Crippen LogP contribution < -0.4 is 5.73 Å². The first-order chi connectivity index (χ1) is 8.63. The van der Waals surface area contributed by atoms with Gasteiger partial charge in [-0.25, -0.2) is 0 Å². The average molecular weight is 333 g/mol. The van der Waals surface area contributed by atoms with Gasteiger partial charge in [-0.05, 0) is 23.8 Å². The second kappa shape index (κ2) is 5.91. The minimum absolute atomic E-state index is 0.0881. The maximum atomic E-state index is 6.25. The van der Waals surface area contributed by atoms with Crippen LogP contribution in [0.3, 0.4) is 0 Å². The molecule has 4 nitrogen and oxygen atoms in total. The number of aliphatic imine (C=N–C) groups is 1. The molecule has 0 bridgehead atoms. The topological polar surface area (TPSA) is 50.9 Å². The number of nitrogens with zero attached hydrogens (tertiary/aromatic N) is 2. The maximum Gasteiger partial charge on any atom is 0.192 e. The number of hydrogen-bond acceptors (Lipinski definition) is 4. The Balaban J connectivity index is 2.24. The van der Waals surface area contributed by atoms with Crippen molar-refractivity contribution in [3.8, 4) is 0 Å². The van der Waals surface area contributed by atoms with Crippen molar-refractivity contribution in [1.82, 2.24) is 4.90 Å².